The van der Waals surface area contributed by atoms with Crippen molar-refractivity contribution >= 4 is 29.3 Å². The lowest BCUT2D eigenvalue weighted by Gasteiger charge is -2.06. The zero-order valence-electron chi connectivity index (χ0n) is 12.9. The summed E-state index contributed by atoms with van der Waals surface area (Å²) in [4.78, 5) is 10.8. The Bertz CT molecular complexity index is 645. The molecule has 0 atom stereocenters. The topological polar surface area (TPSA) is 83.0 Å². The van der Waals surface area contributed by atoms with E-state index < -0.39 is 0 Å². The van der Waals surface area contributed by atoms with Gasteiger partial charge in [0.15, 0.2) is 5.16 Å². The molecule has 0 aliphatic rings. The van der Waals surface area contributed by atoms with Gasteiger partial charge in [0.05, 0.1) is 6.61 Å². The highest BCUT2D eigenvalue weighted by Gasteiger charge is 2.09. The molecule has 0 saturated carbocycles. The normalized spacial score (nSPS) is 10.7. The summed E-state index contributed by atoms with van der Waals surface area (Å²) >= 11 is 7.43. The van der Waals surface area contributed by atoms with Gasteiger partial charge in [-0.3, -0.25) is 4.79 Å². The van der Waals surface area contributed by atoms with Crippen molar-refractivity contribution in [1.82, 2.24) is 14.8 Å². The third-order valence-electron chi connectivity index (χ3n) is 3.12. The van der Waals surface area contributed by atoms with Gasteiger partial charge in [0.1, 0.15) is 11.6 Å². The number of nitrogens with zero attached hydrogens (tertiary/aromatic N) is 3. The number of primary amides is 1. The molecular weight excluding hydrogens is 336 g/mol. The van der Waals surface area contributed by atoms with E-state index in [4.69, 9.17) is 22.1 Å². The van der Waals surface area contributed by atoms with Gasteiger partial charge in [0, 0.05) is 30.7 Å². The lowest BCUT2D eigenvalue weighted by molar-refractivity contribution is -0.118. The summed E-state index contributed by atoms with van der Waals surface area (Å²) in [6, 6.07) is 7.31. The zero-order valence-corrected chi connectivity index (χ0v) is 14.4. The minimum absolute atomic E-state index is 0.283. The van der Waals surface area contributed by atoms with Crippen LogP contribution >= 0.6 is 23.4 Å². The van der Waals surface area contributed by atoms with Gasteiger partial charge >= 0.3 is 0 Å². The first kappa shape index (κ1) is 17.6. The number of rotatable bonds is 9. The Balaban J connectivity index is 1.70. The van der Waals surface area contributed by atoms with Crippen molar-refractivity contribution in [2.45, 2.75) is 24.4 Å². The van der Waals surface area contributed by atoms with E-state index in [1.807, 2.05) is 23.7 Å². The van der Waals surface area contributed by atoms with Crippen LogP contribution in [0.5, 0.6) is 5.75 Å². The lowest BCUT2D eigenvalue weighted by Crippen LogP contribution is -2.12. The molecule has 23 heavy (non-hydrogen) atoms. The number of benzene rings is 1. The molecule has 0 aliphatic carbocycles. The van der Waals surface area contributed by atoms with E-state index in [1.54, 1.807) is 23.9 Å². The summed E-state index contributed by atoms with van der Waals surface area (Å²) in [5.74, 6) is 2.12. The second kappa shape index (κ2) is 8.79. The monoisotopic (exact) mass is 354 g/mol. The zero-order chi connectivity index (χ0) is 16.7. The predicted molar refractivity (Wildman–Crippen MR) is 90.8 cm³/mol. The Morgan fingerprint density at radius 2 is 2.09 bits per heavy atom. The van der Waals surface area contributed by atoms with Gasteiger partial charge in [-0.2, -0.15) is 0 Å². The van der Waals surface area contributed by atoms with Crippen molar-refractivity contribution in [3.63, 3.8) is 0 Å². The van der Waals surface area contributed by atoms with Crippen LogP contribution in [0.25, 0.3) is 0 Å². The van der Waals surface area contributed by atoms with E-state index in [1.165, 1.54) is 0 Å². The molecular formula is C15H19ClN4O2S. The fraction of sp³-hybridized carbons (Fsp3) is 0.400. The van der Waals surface area contributed by atoms with Crippen molar-refractivity contribution in [2.75, 3.05) is 12.4 Å². The molecule has 0 saturated heterocycles. The highest BCUT2D eigenvalue weighted by Crippen LogP contribution is 2.18. The minimum Gasteiger partial charge on any atom is -0.494 e. The van der Waals surface area contributed by atoms with Crippen molar-refractivity contribution < 1.29 is 9.53 Å². The van der Waals surface area contributed by atoms with E-state index in [2.05, 4.69) is 10.2 Å². The third kappa shape index (κ3) is 5.76. The van der Waals surface area contributed by atoms with Crippen molar-refractivity contribution in [2.24, 2.45) is 12.8 Å². The summed E-state index contributed by atoms with van der Waals surface area (Å²) in [6.45, 7) is 0.626. The number of ether oxygens (including phenoxy) is 1. The Morgan fingerprint density at radius 3 is 2.78 bits per heavy atom. The molecule has 6 nitrogen and oxygen atoms in total. The largest absolute Gasteiger partial charge is 0.494 e. The summed E-state index contributed by atoms with van der Waals surface area (Å²) in [7, 11) is 1.89. The molecule has 124 valence electrons. The van der Waals surface area contributed by atoms with Crippen LogP contribution in [0.4, 0.5) is 0 Å². The van der Waals surface area contributed by atoms with E-state index in [-0.39, 0.29) is 12.3 Å². The molecule has 1 aromatic carbocycles. The van der Waals surface area contributed by atoms with Crippen molar-refractivity contribution in [1.29, 1.82) is 0 Å². The number of halogens is 1. The molecule has 1 heterocycles. The van der Waals surface area contributed by atoms with Gasteiger partial charge in [-0.25, -0.2) is 0 Å². The number of carbonyl (C=O) groups excluding carboxylic acids is 1. The minimum atomic E-state index is -0.332. The van der Waals surface area contributed by atoms with Gasteiger partial charge in [0.25, 0.3) is 0 Å². The summed E-state index contributed by atoms with van der Waals surface area (Å²) < 4.78 is 7.53. The van der Waals surface area contributed by atoms with Crippen LogP contribution in [0.3, 0.4) is 0 Å². The smallest absolute Gasteiger partial charge is 0.217 e. The average molecular weight is 355 g/mol. The molecule has 0 aliphatic heterocycles. The third-order valence-corrected chi connectivity index (χ3v) is 4.48. The molecule has 2 N–H and O–H groups in total. The van der Waals surface area contributed by atoms with Crippen LogP contribution in [-0.2, 0) is 18.3 Å². The van der Waals surface area contributed by atoms with Crippen LogP contribution in [0.1, 0.15) is 18.7 Å². The molecule has 0 unspecified atom stereocenters. The Hall–Kier alpha value is -1.73. The van der Waals surface area contributed by atoms with Gasteiger partial charge < -0.3 is 15.0 Å². The lowest BCUT2D eigenvalue weighted by atomic mass is 10.3. The molecule has 0 spiro atoms. The predicted octanol–water partition coefficient (Wildman–Crippen LogP) is 2.45. The molecule has 1 amide bonds. The number of aryl methyl sites for hydroxylation is 1. The highest BCUT2D eigenvalue weighted by atomic mass is 35.5. The summed E-state index contributed by atoms with van der Waals surface area (Å²) in [5.41, 5.74) is 5.14. The number of amides is 1. The number of hydrogen-bond acceptors (Lipinski definition) is 5. The molecule has 8 heteroatoms. The molecule has 0 fully saturated rings. The van der Waals surface area contributed by atoms with E-state index in [0.717, 1.165) is 28.9 Å². The molecule has 0 radical (unpaired) electrons. The second-order valence-corrected chi connectivity index (χ2v) is 6.43. The maximum atomic E-state index is 10.8. The second-order valence-electron chi connectivity index (χ2n) is 4.93. The SMILES string of the molecule is Cn1c(CCC(N)=O)nnc1SCCCOc1ccc(Cl)cc1. The van der Waals surface area contributed by atoms with Crippen LogP contribution < -0.4 is 10.5 Å². The first-order valence-corrected chi connectivity index (χ1v) is 8.60. The quantitative estimate of drug-likeness (QED) is 0.552. The van der Waals surface area contributed by atoms with Crippen molar-refractivity contribution in [3.8, 4) is 5.75 Å². The molecule has 2 rings (SSSR count). The van der Waals surface area contributed by atoms with Crippen LogP contribution in [0.2, 0.25) is 5.02 Å². The molecule has 1 aromatic heterocycles. The number of aromatic nitrogens is 3. The number of thioether (sulfide) groups is 1. The fourth-order valence-corrected chi connectivity index (χ4v) is 2.84. The van der Waals surface area contributed by atoms with Crippen LogP contribution in [0.15, 0.2) is 29.4 Å². The van der Waals surface area contributed by atoms with Gasteiger partial charge in [-0.15, -0.1) is 10.2 Å². The maximum absolute atomic E-state index is 10.8. The van der Waals surface area contributed by atoms with Crippen molar-refractivity contribution in [3.05, 3.63) is 35.1 Å². The van der Waals surface area contributed by atoms with Gasteiger partial charge in [-0.05, 0) is 30.7 Å². The number of hydrogen-bond donors (Lipinski definition) is 1. The van der Waals surface area contributed by atoms with E-state index >= 15 is 0 Å². The van der Waals surface area contributed by atoms with Gasteiger partial charge in [-0.1, -0.05) is 23.4 Å². The average Bonchev–Trinajstić information content (AvgIpc) is 2.87. The molecule has 2 aromatic rings. The molecule has 0 bridgehead atoms. The van der Waals surface area contributed by atoms with Crippen LogP contribution in [0, 0.1) is 0 Å². The number of nitrogens with two attached hydrogens (primary N) is 1. The Morgan fingerprint density at radius 1 is 1.35 bits per heavy atom. The van der Waals surface area contributed by atoms with Crippen LogP contribution in [-0.4, -0.2) is 33.0 Å². The summed E-state index contributed by atoms with van der Waals surface area (Å²) in [6.07, 6.45) is 1.68. The Kier molecular flexibility index (Phi) is 6.73. The maximum Gasteiger partial charge on any atom is 0.217 e. The summed E-state index contributed by atoms with van der Waals surface area (Å²) in [5, 5.41) is 9.74. The highest BCUT2D eigenvalue weighted by molar-refractivity contribution is 7.99. The fourth-order valence-electron chi connectivity index (χ4n) is 1.87. The first-order chi connectivity index (χ1) is 11.1. The standard InChI is InChI=1S/C15H19ClN4O2S/c1-20-14(8-7-13(17)21)18-19-15(20)23-10-2-9-22-12-5-3-11(16)4-6-12/h3-6H,2,7-10H2,1H3,(H2,17,21). The van der Waals surface area contributed by atoms with Gasteiger partial charge in [0.2, 0.25) is 5.91 Å². The first-order valence-electron chi connectivity index (χ1n) is 7.24. The van der Waals surface area contributed by atoms with E-state index in [0.29, 0.717) is 18.1 Å². The Labute approximate surface area is 144 Å². The van der Waals surface area contributed by atoms with E-state index in [9.17, 15) is 4.79 Å². The number of carbonyl (C=O) groups is 1.